The van der Waals surface area contributed by atoms with Crippen LogP contribution in [0.4, 0.5) is 11.5 Å². The van der Waals surface area contributed by atoms with Crippen molar-refractivity contribution < 1.29 is 14.3 Å². The number of ether oxygens (including phenoxy) is 1. The van der Waals surface area contributed by atoms with Crippen molar-refractivity contribution in [2.45, 2.75) is 46.6 Å². The standard InChI is InChI=1S/C28H30N4O3/c1-5-35-20-12-10-19(11-13-20)30-27(34)21-16-29-32-25(18-8-6-17(2)7-9-18)24-22(31-26(21)32)14-28(3,4)15-23(24)33/h6-13,16,25,31H,5,14-15H2,1-4H3,(H,30,34). The summed E-state index contributed by atoms with van der Waals surface area (Å²) in [5.74, 6) is 1.20. The van der Waals surface area contributed by atoms with Crippen LogP contribution >= 0.6 is 0 Å². The molecule has 0 spiro atoms. The predicted octanol–water partition coefficient (Wildman–Crippen LogP) is 5.50. The lowest BCUT2D eigenvalue weighted by molar-refractivity contribution is -0.118. The van der Waals surface area contributed by atoms with Crippen LogP contribution in [0.25, 0.3) is 0 Å². The van der Waals surface area contributed by atoms with Gasteiger partial charge in [0, 0.05) is 23.4 Å². The lowest BCUT2D eigenvalue weighted by atomic mass is 9.73. The zero-order valence-electron chi connectivity index (χ0n) is 20.5. The Morgan fingerprint density at radius 3 is 2.54 bits per heavy atom. The molecule has 0 fully saturated rings. The van der Waals surface area contributed by atoms with Gasteiger partial charge in [0.15, 0.2) is 5.78 Å². The van der Waals surface area contributed by atoms with E-state index in [4.69, 9.17) is 4.74 Å². The third-order valence-electron chi connectivity index (χ3n) is 6.56. The van der Waals surface area contributed by atoms with Crippen LogP contribution in [0.15, 0.2) is 66.0 Å². The molecule has 1 unspecified atom stereocenters. The minimum Gasteiger partial charge on any atom is -0.494 e. The van der Waals surface area contributed by atoms with Crippen LogP contribution in [-0.4, -0.2) is 28.1 Å². The van der Waals surface area contributed by atoms with E-state index in [0.717, 1.165) is 34.6 Å². The summed E-state index contributed by atoms with van der Waals surface area (Å²) in [7, 11) is 0. The first-order valence-corrected chi connectivity index (χ1v) is 12.0. The van der Waals surface area contributed by atoms with Gasteiger partial charge >= 0.3 is 0 Å². The Hall–Kier alpha value is -3.87. The maximum atomic E-state index is 13.3. The number of Topliss-reactive ketones (excluding diaryl/α,β-unsaturated/α-hetero) is 1. The first-order valence-electron chi connectivity index (χ1n) is 12.0. The number of carbonyl (C=O) groups excluding carboxylic acids is 2. The Morgan fingerprint density at radius 1 is 1.14 bits per heavy atom. The Labute approximate surface area is 205 Å². The number of aromatic nitrogens is 2. The van der Waals surface area contributed by atoms with Crippen LogP contribution in [0.2, 0.25) is 0 Å². The molecule has 7 nitrogen and oxygen atoms in total. The van der Waals surface area contributed by atoms with Gasteiger partial charge in [0.05, 0.1) is 12.8 Å². The first kappa shape index (κ1) is 22.9. The summed E-state index contributed by atoms with van der Waals surface area (Å²) in [4.78, 5) is 26.6. The minimum atomic E-state index is -0.377. The van der Waals surface area contributed by atoms with Gasteiger partial charge in [0.1, 0.15) is 23.2 Å². The summed E-state index contributed by atoms with van der Waals surface area (Å²) in [5, 5.41) is 11.0. The summed E-state index contributed by atoms with van der Waals surface area (Å²) in [5.41, 5.74) is 4.66. The number of fused-ring (bicyclic) bond motifs is 1. The Morgan fingerprint density at radius 2 is 1.86 bits per heavy atom. The molecule has 1 aliphatic heterocycles. The molecule has 2 N–H and O–H groups in total. The van der Waals surface area contributed by atoms with Crippen LogP contribution in [0, 0.1) is 12.3 Å². The van der Waals surface area contributed by atoms with E-state index in [1.807, 2.05) is 62.4 Å². The van der Waals surface area contributed by atoms with Crippen molar-refractivity contribution in [2.75, 3.05) is 17.2 Å². The highest BCUT2D eigenvalue weighted by atomic mass is 16.5. The van der Waals surface area contributed by atoms with Gasteiger partial charge in [0.2, 0.25) is 0 Å². The van der Waals surface area contributed by atoms with Gasteiger partial charge in [-0.2, -0.15) is 5.10 Å². The topological polar surface area (TPSA) is 85.2 Å². The van der Waals surface area contributed by atoms with E-state index in [0.29, 0.717) is 30.1 Å². The molecule has 1 amide bonds. The number of allylic oxidation sites excluding steroid dienone is 2. The second-order valence-electron chi connectivity index (χ2n) is 10.0. The highest BCUT2D eigenvalue weighted by Crippen LogP contribution is 2.46. The van der Waals surface area contributed by atoms with Crippen molar-refractivity contribution in [3.63, 3.8) is 0 Å². The zero-order chi connectivity index (χ0) is 24.7. The molecule has 0 saturated heterocycles. The molecule has 0 radical (unpaired) electrons. The maximum Gasteiger partial charge on any atom is 0.261 e. The summed E-state index contributed by atoms with van der Waals surface area (Å²) in [6, 6.07) is 15.0. The van der Waals surface area contributed by atoms with Gasteiger partial charge < -0.3 is 15.4 Å². The number of rotatable bonds is 5. The lowest BCUT2D eigenvalue weighted by Gasteiger charge is -2.39. The molecule has 0 bridgehead atoms. The second kappa shape index (κ2) is 8.73. The predicted molar refractivity (Wildman–Crippen MR) is 136 cm³/mol. The number of anilines is 2. The van der Waals surface area contributed by atoms with Gasteiger partial charge in [-0.3, -0.25) is 9.59 Å². The smallest absolute Gasteiger partial charge is 0.261 e. The third kappa shape index (κ3) is 4.34. The first-order chi connectivity index (χ1) is 16.8. The fourth-order valence-electron chi connectivity index (χ4n) is 4.93. The minimum absolute atomic E-state index is 0.121. The molecule has 2 aliphatic rings. The average molecular weight is 471 g/mol. The number of aryl methyl sites for hydroxylation is 1. The highest BCUT2D eigenvalue weighted by molar-refractivity contribution is 6.08. The van der Waals surface area contributed by atoms with E-state index in [1.54, 1.807) is 10.9 Å². The fraction of sp³-hybridized carbons (Fsp3) is 0.321. The summed E-state index contributed by atoms with van der Waals surface area (Å²) < 4.78 is 7.25. The third-order valence-corrected chi connectivity index (χ3v) is 6.56. The van der Waals surface area contributed by atoms with Gasteiger partial charge in [-0.25, -0.2) is 4.68 Å². The lowest BCUT2D eigenvalue weighted by Crippen LogP contribution is -2.37. The largest absolute Gasteiger partial charge is 0.494 e. The molecule has 1 aromatic heterocycles. The summed E-state index contributed by atoms with van der Waals surface area (Å²) in [6.07, 6.45) is 2.78. The van der Waals surface area contributed by atoms with Crippen LogP contribution in [0.3, 0.4) is 0 Å². The van der Waals surface area contributed by atoms with Crippen molar-refractivity contribution in [3.05, 3.63) is 82.7 Å². The number of hydrogen-bond donors (Lipinski definition) is 2. The van der Waals surface area contributed by atoms with Gasteiger partial charge in [-0.05, 0) is 55.5 Å². The number of hydrogen-bond acceptors (Lipinski definition) is 5. The second-order valence-corrected chi connectivity index (χ2v) is 10.0. The van der Waals surface area contributed by atoms with Crippen molar-refractivity contribution in [1.82, 2.24) is 9.78 Å². The SMILES string of the molecule is CCOc1ccc(NC(=O)c2cnn3c2NC2=C(C(=O)CC(C)(C)C2)C3c2ccc(C)cc2)cc1. The number of benzene rings is 2. The Balaban J connectivity index is 1.52. The molecule has 1 atom stereocenters. The fourth-order valence-corrected chi connectivity index (χ4v) is 4.93. The monoisotopic (exact) mass is 470 g/mol. The van der Waals surface area contributed by atoms with E-state index in [-0.39, 0.29) is 23.1 Å². The van der Waals surface area contributed by atoms with Gasteiger partial charge in [-0.15, -0.1) is 0 Å². The highest BCUT2D eigenvalue weighted by Gasteiger charge is 2.42. The van der Waals surface area contributed by atoms with E-state index in [9.17, 15) is 9.59 Å². The van der Waals surface area contributed by atoms with Gasteiger partial charge in [-0.1, -0.05) is 43.7 Å². The molecule has 2 aromatic carbocycles. The van der Waals surface area contributed by atoms with E-state index in [2.05, 4.69) is 29.6 Å². The molecule has 1 aliphatic carbocycles. The normalized spacial score (nSPS) is 18.4. The number of nitrogens with zero attached hydrogens (tertiary/aromatic N) is 2. The molecule has 3 aromatic rings. The van der Waals surface area contributed by atoms with E-state index < -0.39 is 0 Å². The van der Waals surface area contributed by atoms with Crippen molar-refractivity contribution in [3.8, 4) is 5.75 Å². The van der Waals surface area contributed by atoms with E-state index >= 15 is 0 Å². The van der Waals surface area contributed by atoms with Gasteiger partial charge in [0.25, 0.3) is 5.91 Å². The number of ketones is 1. The van der Waals surface area contributed by atoms with Crippen molar-refractivity contribution in [1.29, 1.82) is 0 Å². The van der Waals surface area contributed by atoms with Crippen LogP contribution in [0.5, 0.6) is 5.75 Å². The Bertz CT molecular complexity index is 1320. The summed E-state index contributed by atoms with van der Waals surface area (Å²) in [6.45, 7) is 8.75. The van der Waals surface area contributed by atoms with Crippen molar-refractivity contribution in [2.24, 2.45) is 5.41 Å². The molecule has 35 heavy (non-hydrogen) atoms. The molecular weight excluding hydrogens is 440 g/mol. The van der Waals surface area contributed by atoms with Crippen LogP contribution in [-0.2, 0) is 4.79 Å². The van der Waals surface area contributed by atoms with Crippen molar-refractivity contribution >= 4 is 23.2 Å². The molecule has 7 heteroatoms. The van der Waals surface area contributed by atoms with Crippen LogP contribution in [0.1, 0.15) is 61.1 Å². The quantitative estimate of drug-likeness (QED) is 0.514. The molecule has 2 heterocycles. The molecule has 0 saturated carbocycles. The molecular formula is C28H30N4O3. The number of nitrogens with one attached hydrogen (secondary N) is 2. The Kier molecular flexibility index (Phi) is 5.71. The zero-order valence-corrected chi connectivity index (χ0v) is 20.5. The number of carbonyl (C=O) groups is 2. The van der Waals surface area contributed by atoms with E-state index in [1.165, 1.54) is 0 Å². The maximum absolute atomic E-state index is 13.3. The molecule has 5 rings (SSSR count). The number of amides is 1. The molecule has 180 valence electrons. The average Bonchev–Trinajstić information content (AvgIpc) is 3.23. The summed E-state index contributed by atoms with van der Waals surface area (Å²) >= 11 is 0. The van der Waals surface area contributed by atoms with Crippen LogP contribution < -0.4 is 15.4 Å².